The summed E-state index contributed by atoms with van der Waals surface area (Å²) < 4.78 is 46.3. The van der Waals surface area contributed by atoms with Crippen LogP contribution in [-0.4, -0.2) is 40.2 Å². The van der Waals surface area contributed by atoms with Crippen molar-refractivity contribution in [2.45, 2.75) is 30.1 Å². The van der Waals surface area contributed by atoms with Crippen molar-refractivity contribution in [1.82, 2.24) is 0 Å². The molecule has 2 aromatic rings. The van der Waals surface area contributed by atoms with E-state index in [0.29, 0.717) is 28.3 Å². The standard InChI is InChI=1S/C23H28FNO5S2/c1-4-16-13-25(17-9-7-6-8-10-17)19-11-21(31-3)20(12-22(19)32(27,28)15-16)30-14-18(24)23(26)29-5-2/h6-12,14,16,27-28H,4-5,13,15H2,1-3H3/b18-14-. The highest BCUT2D eigenvalue weighted by Crippen LogP contribution is 2.58. The van der Waals surface area contributed by atoms with E-state index in [1.54, 1.807) is 13.0 Å². The summed E-state index contributed by atoms with van der Waals surface area (Å²) in [4.78, 5) is 14.6. The third-order valence-electron chi connectivity index (χ3n) is 5.20. The van der Waals surface area contributed by atoms with Crippen LogP contribution < -0.4 is 9.64 Å². The van der Waals surface area contributed by atoms with Crippen LogP contribution in [0.1, 0.15) is 20.3 Å². The molecule has 0 saturated carbocycles. The average Bonchev–Trinajstić information content (AvgIpc) is 2.90. The van der Waals surface area contributed by atoms with Gasteiger partial charge in [0.05, 0.1) is 22.1 Å². The number of hydrogen-bond donors (Lipinski definition) is 2. The quantitative estimate of drug-likeness (QED) is 0.204. The van der Waals surface area contributed by atoms with Gasteiger partial charge in [0.25, 0.3) is 0 Å². The van der Waals surface area contributed by atoms with E-state index >= 15 is 0 Å². The van der Waals surface area contributed by atoms with Gasteiger partial charge >= 0.3 is 5.97 Å². The minimum absolute atomic E-state index is 0.0455. The maximum atomic E-state index is 14.0. The lowest BCUT2D eigenvalue weighted by atomic mass is 10.1. The molecule has 3 rings (SSSR count). The van der Waals surface area contributed by atoms with Crippen molar-refractivity contribution in [2.75, 3.05) is 30.1 Å². The zero-order valence-electron chi connectivity index (χ0n) is 18.3. The summed E-state index contributed by atoms with van der Waals surface area (Å²) in [5.41, 5.74) is 1.62. The molecule has 2 aromatic carbocycles. The highest BCUT2D eigenvalue weighted by atomic mass is 32.3. The van der Waals surface area contributed by atoms with E-state index in [2.05, 4.69) is 9.64 Å². The molecule has 0 bridgehead atoms. The predicted molar refractivity (Wildman–Crippen MR) is 128 cm³/mol. The van der Waals surface area contributed by atoms with Crippen molar-refractivity contribution in [3.63, 3.8) is 0 Å². The number of benzene rings is 2. The number of fused-ring (bicyclic) bond motifs is 1. The molecule has 32 heavy (non-hydrogen) atoms. The Kier molecular flexibility index (Phi) is 8.10. The molecule has 1 heterocycles. The largest absolute Gasteiger partial charge is 0.461 e. The van der Waals surface area contributed by atoms with Crippen molar-refractivity contribution in [2.24, 2.45) is 5.92 Å². The fourth-order valence-electron chi connectivity index (χ4n) is 3.55. The Hall–Kier alpha value is -2.20. The second-order valence-electron chi connectivity index (χ2n) is 7.33. The Morgan fingerprint density at radius 2 is 2.00 bits per heavy atom. The third-order valence-corrected chi connectivity index (χ3v) is 7.93. The van der Waals surface area contributed by atoms with Crippen molar-refractivity contribution in [1.29, 1.82) is 0 Å². The maximum Gasteiger partial charge on any atom is 0.370 e. The zero-order valence-corrected chi connectivity index (χ0v) is 19.9. The number of anilines is 2. The first-order chi connectivity index (χ1) is 15.3. The molecule has 0 amide bonds. The molecule has 0 radical (unpaired) electrons. The Bertz CT molecular complexity index is 984. The number of rotatable bonds is 7. The summed E-state index contributed by atoms with van der Waals surface area (Å²) in [5.74, 6) is -1.75. The number of para-hydroxylation sites is 1. The van der Waals surface area contributed by atoms with Crippen LogP contribution in [0.3, 0.4) is 0 Å². The van der Waals surface area contributed by atoms with E-state index in [4.69, 9.17) is 4.74 Å². The summed E-state index contributed by atoms with van der Waals surface area (Å²) in [6, 6.07) is 13.1. The first-order valence-corrected chi connectivity index (χ1v) is 13.2. The monoisotopic (exact) mass is 481 g/mol. The van der Waals surface area contributed by atoms with Crippen LogP contribution in [0.5, 0.6) is 5.75 Å². The van der Waals surface area contributed by atoms with E-state index in [-0.39, 0.29) is 24.0 Å². The number of carbonyl (C=O) groups excluding carboxylic acids is 1. The molecule has 0 saturated heterocycles. The molecule has 1 unspecified atom stereocenters. The van der Waals surface area contributed by atoms with Gasteiger partial charge in [0.15, 0.2) is 0 Å². The number of ether oxygens (including phenoxy) is 2. The zero-order chi connectivity index (χ0) is 23.3. The molecule has 0 aromatic heterocycles. The normalized spacial score (nSPS) is 19.0. The molecule has 1 aliphatic rings. The van der Waals surface area contributed by atoms with Gasteiger partial charge in [-0.1, -0.05) is 31.5 Å². The average molecular weight is 482 g/mol. The Balaban J connectivity index is 2.10. The highest BCUT2D eigenvalue weighted by Gasteiger charge is 2.33. The molecule has 0 spiro atoms. The molecule has 1 atom stereocenters. The van der Waals surface area contributed by atoms with Crippen molar-refractivity contribution >= 4 is 39.7 Å². The summed E-state index contributed by atoms with van der Waals surface area (Å²) in [6.45, 7) is 4.29. The Labute approximate surface area is 193 Å². The molecule has 174 valence electrons. The van der Waals surface area contributed by atoms with Gasteiger partial charge in [-0.2, -0.15) is 15.0 Å². The maximum absolute atomic E-state index is 14.0. The number of halogens is 1. The van der Waals surface area contributed by atoms with Gasteiger partial charge in [-0.15, -0.1) is 11.8 Å². The number of carbonyl (C=O) groups is 1. The minimum atomic E-state index is -3.13. The predicted octanol–water partition coefficient (Wildman–Crippen LogP) is 6.45. The summed E-state index contributed by atoms with van der Waals surface area (Å²) >= 11 is 1.38. The Morgan fingerprint density at radius 1 is 1.28 bits per heavy atom. The van der Waals surface area contributed by atoms with Gasteiger partial charge in [-0.05, 0) is 37.3 Å². The van der Waals surface area contributed by atoms with E-state index in [0.717, 1.165) is 12.1 Å². The number of hydrogen-bond acceptors (Lipinski definition) is 7. The van der Waals surface area contributed by atoms with Crippen LogP contribution in [0.4, 0.5) is 15.8 Å². The molecule has 2 N–H and O–H groups in total. The lowest BCUT2D eigenvalue weighted by Crippen LogP contribution is -2.25. The summed E-state index contributed by atoms with van der Waals surface area (Å²) in [6.07, 6.45) is 3.32. The van der Waals surface area contributed by atoms with Crippen LogP contribution in [0.25, 0.3) is 0 Å². The van der Waals surface area contributed by atoms with E-state index in [1.165, 1.54) is 11.8 Å². The fourth-order valence-corrected chi connectivity index (χ4v) is 6.06. The minimum Gasteiger partial charge on any atom is -0.461 e. The Morgan fingerprint density at radius 3 is 2.62 bits per heavy atom. The third kappa shape index (κ3) is 5.40. The van der Waals surface area contributed by atoms with Gasteiger partial charge in [-0.3, -0.25) is 9.11 Å². The SMILES string of the molecule is CCOC(=O)/C(F)=C/Oc1cc2c(cc1SC)N(c1ccccc1)CC(CC)CS2(O)O. The second kappa shape index (κ2) is 10.6. The highest BCUT2D eigenvalue weighted by molar-refractivity contribution is 8.24. The van der Waals surface area contributed by atoms with Gasteiger partial charge in [0, 0.05) is 24.1 Å². The van der Waals surface area contributed by atoms with E-state index in [1.807, 2.05) is 49.6 Å². The molecular weight excluding hydrogens is 453 g/mol. The van der Waals surface area contributed by atoms with Crippen LogP contribution in [0.2, 0.25) is 0 Å². The van der Waals surface area contributed by atoms with Gasteiger partial charge in [0.1, 0.15) is 12.0 Å². The molecule has 0 fully saturated rings. The number of esters is 1. The van der Waals surface area contributed by atoms with Gasteiger partial charge in [-0.25, -0.2) is 4.79 Å². The van der Waals surface area contributed by atoms with Crippen molar-refractivity contribution < 1.29 is 27.8 Å². The number of nitrogens with zero attached hydrogens (tertiary/aromatic N) is 1. The summed E-state index contributed by atoms with van der Waals surface area (Å²) in [5, 5.41) is 0. The molecule has 9 heteroatoms. The molecule has 6 nitrogen and oxygen atoms in total. The molecule has 0 aliphatic carbocycles. The molecular formula is C23H28FNO5S2. The second-order valence-corrected chi connectivity index (χ2v) is 10.3. The van der Waals surface area contributed by atoms with Gasteiger partial charge < -0.3 is 14.4 Å². The van der Waals surface area contributed by atoms with Crippen LogP contribution in [0.15, 0.2) is 64.3 Å². The van der Waals surface area contributed by atoms with E-state index in [9.17, 15) is 18.3 Å². The van der Waals surface area contributed by atoms with E-state index < -0.39 is 22.4 Å². The van der Waals surface area contributed by atoms with Crippen LogP contribution >= 0.6 is 22.4 Å². The van der Waals surface area contributed by atoms with Crippen molar-refractivity contribution in [3.8, 4) is 5.75 Å². The van der Waals surface area contributed by atoms with Crippen LogP contribution in [0, 0.1) is 5.92 Å². The summed E-state index contributed by atoms with van der Waals surface area (Å²) in [7, 11) is -3.13. The number of thioether (sulfide) groups is 1. The molecule has 1 aliphatic heterocycles. The lowest BCUT2D eigenvalue weighted by molar-refractivity contribution is -0.140. The topological polar surface area (TPSA) is 79.2 Å². The lowest BCUT2D eigenvalue weighted by Gasteiger charge is -2.34. The van der Waals surface area contributed by atoms with Crippen LogP contribution in [-0.2, 0) is 9.53 Å². The van der Waals surface area contributed by atoms with Gasteiger partial charge in [0.2, 0.25) is 5.83 Å². The first-order valence-electron chi connectivity index (χ1n) is 10.3. The van der Waals surface area contributed by atoms with Crippen molar-refractivity contribution in [3.05, 3.63) is 54.6 Å². The first kappa shape index (κ1) is 24.4. The smallest absolute Gasteiger partial charge is 0.370 e. The fraction of sp³-hybridized carbons (Fsp3) is 0.348.